The lowest BCUT2D eigenvalue weighted by atomic mass is 10.1. The van der Waals surface area contributed by atoms with Crippen molar-refractivity contribution in [2.45, 2.75) is 19.8 Å². The van der Waals surface area contributed by atoms with Crippen LogP contribution in [0.5, 0.6) is 0 Å². The van der Waals surface area contributed by atoms with Crippen molar-refractivity contribution in [3.05, 3.63) is 83.0 Å². The highest BCUT2D eigenvalue weighted by atomic mass is 15.1. The van der Waals surface area contributed by atoms with E-state index in [1.807, 2.05) is 24.3 Å². The normalized spacial score (nSPS) is 10.5. The molecule has 0 amide bonds. The zero-order valence-electron chi connectivity index (χ0n) is 13.9. The van der Waals surface area contributed by atoms with E-state index >= 15 is 0 Å². The van der Waals surface area contributed by atoms with Crippen molar-refractivity contribution in [2.75, 3.05) is 17.6 Å². The van der Waals surface area contributed by atoms with Crippen LogP contribution in [-0.2, 0) is 12.8 Å². The Bertz CT molecular complexity index is 782. The molecule has 0 saturated carbocycles. The number of nitrogens with two attached hydrogens (primary N) is 1. The average Bonchev–Trinajstić information content (AvgIpc) is 2.57. The molecule has 1 aromatic heterocycles. The van der Waals surface area contributed by atoms with Gasteiger partial charge in [0.05, 0.1) is 5.69 Å². The summed E-state index contributed by atoms with van der Waals surface area (Å²) in [4.78, 5) is 8.85. The van der Waals surface area contributed by atoms with Crippen LogP contribution >= 0.6 is 0 Å². The number of benzene rings is 2. The maximum Gasteiger partial charge on any atom is 0.224 e. The third-order valence-electron chi connectivity index (χ3n) is 3.84. The highest BCUT2D eigenvalue weighted by Crippen LogP contribution is 2.12. The molecular formula is C20H22N4. The van der Waals surface area contributed by atoms with Crippen LogP contribution in [0.2, 0.25) is 0 Å². The number of anilines is 2. The van der Waals surface area contributed by atoms with E-state index in [0.717, 1.165) is 25.1 Å². The number of aromatic nitrogens is 2. The van der Waals surface area contributed by atoms with Gasteiger partial charge < -0.3 is 11.1 Å². The van der Waals surface area contributed by atoms with E-state index in [4.69, 9.17) is 5.73 Å². The molecule has 0 aliphatic heterocycles. The summed E-state index contributed by atoms with van der Waals surface area (Å²) in [5, 5.41) is 3.27. The van der Waals surface area contributed by atoms with Gasteiger partial charge in [-0.15, -0.1) is 0 Å². The summed E-state index contributed by atoms with van der Waals surface area (Å²) in [6, 6.07) is 20.6. The van der Waals surface area contributed by atoms with E-state index in [-0.39, 0.29) is 0 Å². The predicted octanol–water partition coefficient (Wildman–Crippen LogP) is 3.61. The maximum atomic E-state index is 5.92. The molecule has 3 N–H and O–H groups in total. The Kier molecular flexibility index (Phi) is 5.06. The summed E-state index contributed by atoms with van der Waals surface area (Å²) < 4.78 is 0. The van der Waals surface area contributed by atoms with E-state index in [1.165, 1.54) is 16.7 Å². The molecule has 0 bridgehead atoms. The van der Waals surface area contributed by atoms with E-state index in [2.05, 4.69) is 58.6 Å². The second-order valence-corrected chi connectivity index (χ2v) is 5.93. The Hall–Kier alpha value is -2.88. The van der Waals surface area contributed by atoms with Gasteiger partial charge >= 0.3 is 0 Å². The summed E-state index contributed by atoms with van der Waals surface area (Å²) in [7, 11) is 0. The van der Waals surface area contributed by atoms with Crippen molar-refractivity contribution < 1.29 is 0 Å². The van der Waals surface area contributed by atoms with Gasteiger partial charge in [0.2, 0.25) is 5.95 Å². The molecule has 0 aliphatic rings. The average molecular weight is 318 g/mol. The third kappa shape index (κ3) is 4.56. The fraction of sp³-hybridized carbons (Fsp3) is 0.200. The lowest BCUT2D eigenvalue weighted by Gasteiger charge is -2.08. The second-order valence-electron chi connectivity index (χ2n) is 5.93. The Morgan fingerprint density at radius 3 is 2.42 bits per heavy atom. The molecule has 0 atom stereocenters. The van der Waals surface area contributed by atoms with E-state index in [0.29, 0.717) is 11.8 Å². The smallest absolute Gasteiger partial charge is 0.224 e. The lowest BCUT2D eigenvalue weighted by molar-refractivity contribution is 0.962. The van der Waals surface area contributed by atoms with Crippen LogP contribution in [0.3, 0.4) is 0 Å². The van der Waals surface area contributed by atoms with Crippen LogP contribution in [-0.4, -0.2) is 16.5 Å². The topological polar surface area (TPSA) is 63.8 Å². The monoisotopic (exact) mass is 318 g/mol. The standard InChI is InChI=1S/C20H22N4/c1-15-7-9-16(10-8-15)11-12-22-20-23-18(14-19(21)24-20)13-17-5-3-2-4-6-17/h2-10,14H,11-13H2,1H3,(H3,21,22,23,24). The van der Waals surface area contributed by atoms with Crippen molar-refractivity contribution in [3.8, 4) is 0 Å². The number of aryl methyl sites for hydroxylation is 1. The molecule has 4 heteroatoms. The molecule has 24 heavy (non-hydrogen) atoms. The Morgan fingerprint density at radius 1 is 0.917 bits per heavy atom. The quantitative estimate of drug-likeness (QED) is 0.729. The number of nitrogens with zero attached hydrogens (tertiary/aromatic N) is 2. The van der Waals surface area contributed by atoms with Crippen molar-refractivity contribution >= 4 is 11.8 Å². The molecule has 3 aromatic rings. The van der Waals surface area contributed by atoms with Gasteiger partial charge in [-0.1, -0.05) is 60.2 Å². The van der Waals surface area contributed by atoms with Crippen LogP contribution in [0.4, 0.5) is 11.8 Å². The van der Waals surface area contributed by atoms with Gasteiger partial charge in [-0.2, -0.15) is 4.98 Å². The number of rotatable bonds is 6. The van der Waals surface area contributed by atoms with Crippen molar-refractivity contribution in [2.24, 2.45) is 0 Å². The van der Waals surface area contributed by atoms with Gasteiger partial charge in [0.1, 0.15) is 5.82 Å². The van der Waals surface area contributed by atoms with Gasteiger partial charge in [0.15, 0.2) is 0 Å². The minimum Gasteiger partial charge on any atom is -0.384 e. The molecule has 122 valence electrons. The zero-order chi connectivity index (χ0) is 16.8. The molecule has 0 aliphatic carbocycles. The van der Waals surface area contributed by atoms with Crippen LogP contribution in [0.15, 0.2) is 60.7 Å². The first kappa shape index (κ1) is 16.0. The second kappa shape index (κ2) is 7.59. The van der Waals surface area contributed by atoms with Crippen molar-refractivity contribution in [1.82, 2.24) is 9.97 Å². The van der Waals surface area contributed by atoms with Crippen LogP contribution < -0.4 is 11.1 Å². The molecular weight excluding hydrogens is 296 g/mol. The molecule has 3 rings (SSSR count). The minimum absolute atomic E-state index is 0.494. The summed E-state index contributed by atoms with van der Waals surface area (Å²) in [5.41, 5.74) is 10.6. The van der Waals surface area contributed by atoms with Crippen LogP contribution in [0, 0.1) is 6.92 Å². The summed E-state index contributed by atoms with van der Waals surface area (Å²) in [5.74, 6) is 1.09. The molecule has 0 radical (unpaired) electrons. The lowest BCUT2D eigenvalue weighted by Crippen LogP contribution is -2.10. The minimum atomic E-state index is 0.494. The first-order chi connectivity index (χ1) is 11.7. The molecule has 2 aromatic carbocycles. The first-order valence-corrected chi connectivity index (χ1v) is 8.16. The summed E-state index contributed by atoms with van der Waals surface area (Å²) in [6.45, 7) is 2.87. The van der Waals surface area contributed by atoms with Gasteiger partial charge in [0, 0.05) is 19.0 Å². The van der Waals surface area contributed by atoms with Gasteiger partial charge in [0.25, 0.3) is 0 Å². The fourth-order valence-electron chi connectivity index (χ4n) is 2.57. The molecule has 0 spiro atoms. The molecule has 0 unspecified atom stereocenters. The van der Waals surface area contributed by atoms with Crippen LogP contribution in [0.1, 0.15) is 22.4 Å². The largest absolute Gasteiger partial charge is 0.384 e. The predicted molar refractivity (Wildman–Crippen MR) is 99.1 cm³/mol. The molecule has 0 saturated heterocycles. The number of hydrogen-bond donors (Lipinski definition) is 2. The molecule has 1 heterocycles. The van der Waals surface area contributed by atoms with Crippen LogP contribution in [0.25, 0.3) is 0 Å². The first-order valence-electron chi connectivity index (χ1n) is 8.16. The molecule has 0 fully saturated rings. The molecule has 4 nitrogen and oxygen atoms in total. The van der Waals surface area contributed by atoms with Gasteiger partial charge in [-0.05, 0) is 24.5 Å². The highest BCUT2D eigenvalue weighted by molar-refractivity contribution is 5.40. The highest BCUT2D eigenvalue weighted by Gasteiger charge is 2.04. The summed E-state index contributed by atoms with van der Waals surface area (Å²) in [6.07, 6.45) is 1.67. The fourth-order valence-corrected chi connectivity index (χ4v) is 2.57. The number of hydrogen-bond acceptors (Lipinski definition) is 4. The van der Waals surface area contributed by atoms with E-state index < -0.39 is 0 Å². The van der Waals surface area contributed by atoms with Gasteiger partial charge in [-0.3, -0.25) is 0 Å². The SMILES string of the molecule is Cc1ccc(CCNc2nc(N)cc(Cc3ccccc3)n2)cc1. The Morgan fingerprint density at radius 2 is 1.67 bits per heavy atom. The van der Waals surface area contributed by atoms with E-state index in [9.17, 15) is 0 Å². The number of nitrogen functional groups attached to an aromatic ring is 1. The Balaban J connectivity index is 1.62. The number of nitrogens with one attached hydrogen (secondary N) is 1. The summed E-state index contributed by atoms with van der Waals surface area (Å²) >= 11 is 0. The maximum absolute atomic E-state index is 5.92. The van der Waals surface area contributed by atoms with Crippen molar-refractivity contribution in [1.29, 1.82) is 0 Å². The zero-order valence-corrected chi connectivity index (χ0v) is 13.9. The van der Waals surface area contributed by atoms with E-state index in [1.54, 1.807) is 0 Å². The third-order valence-corrected chi connectivity index (χ3v) is 3.84. The van der Waals surface area contributed by atoms with Gasteiger partial charge in [-0.25, -0.2) is 4.98 Å². The van der Waals surface area contributed by atoms with Crippen molar-refractivity contribution in [3.63, 3.8) is 0 Å². The Labute approximate surface area is 142 Å².